The fraction of sp³-hybridized carbons (Fsp3) is 0.0588. The van der Waals surface area contributed by atoms with Crippen molar-refractivity contribution in [2.45, 2.75) is 4.90 Å². The first kappa shape index (κ1) is 16.4. The van der Waals surface area contributed by atoms with Crippen molar-refractivity contribution >= 4 is 33.5 Å². The third-order valence-corrected chi connectivity index (χ3v) is 4.80. The molecule has 0 aliphatic heterocycles. The van der Waals surface area contributed by atoms with Gasteiger partial charge in [0.1, 0.15) is 0 Å². The number of rotatable bonds is 7. The zero-order chi connectivity index (χ0) is 15.8. The smallest absolute Gasteiger partial charge is 0.255 e. The fourth-order valence-electron chi connectivity index (χ4n) is 1.75. The molecule has 3 nitrogen and oxygen atoms in total. The Bertz CT molecular complexity index is 753. The third kappa shape index (κ3) is 5.09. The van der Waals surface area contributed by atoms with Crippen LogP contribution in [-0.2, 0) is 10.0 Å². The minimum atomic E-state index is -3.55. The first-order valence-electron chi connectivity index (χ1n) is 6.69. The van der Waals surface area contributed by atoms with Gasteiger partial charge in [0.15, 0.2) is 0 Å². The summed E-state index contributed by atoms with van der Waals surface area (Å²) in [5, 5.41) is 1.18. The van der Waals surface area contributed by atoms with Crippen LogP contribution in [0, 0.1) is 0 Å². The molecule has 22 heavy (non-hydrogen) atoms. The van der Waals surface area contributed by atoms with Crippen LogP contribution in [0.5, 0.6) is 0 Å². The molecule has 0 aromatic heterocycles. The Morgan fingerprint density at radius 1 is 1.05 bits per heavy atom. The Morgan fingerprint density at radius 2 is 1.73 bits per heavy atom. The van der Waals surface area contributed by atoms with E-state index in [2.05, 4.69) is 11.3 Å². The summed E-state index contributed by atoms with van der Waals surface area (Å²) >= 11 is 1.53. The molecule has 2 aromatic rings. The van der Waals surface area contributed by atoms with Crippen LogP contribution in [0.25, 0.3) is 6.08 Å². The zero-order valence-corrected chi connectivity index (χ0v) is 13.6. The number of nitrogens with one attached hydrogen (secondary N) is 1. The van der Waals surface area contributed by atoms with E-state index in [9.17, 15) is 8.42 Å². The van der Waals surface area contributed by atoms with Crippen LogP contribution >= 0.6 is 11.8 Å². The predicted octanol–water partition coefficient (Wildman–Crippen LogP) is 4.38. The van der Waals surface area contributed by atoms with Crippen molar-refractivity contribution in [1.82, 2.24) is 0 Å². The van der Waals surface area contributed by atoms with Gasteiger partial charge in [0.2, 0.25) is 0 Å². The van der Waals surface area contributed by atoms with E-state index in [4.69, 9.17) is 0 Å². The van der Waals surface area contributed by atoms with Crippen molar-refractivity contribution in [1.29, 1.82) is 0 Å². The van der Waals surface area contributed by atoms with Crippen LogP contribution in [0.4, 0.5) is 5.69 Å². The molecule has 0 heterocycles. The number of hydrogen-bond donors (Lipinski definition) is 1. The van der Waals surface area contributed by atoms with Crippen LogP contribution < -0.4 is 4.72 Å². The lowest BCUT2D eigenvalue weighted by Crippen LogP contribution is -2.09. The average molecular weight is 331 g/mol. The van der Waals surface area contributed by atoms with E-state index in [0.29, 0.717) is 5.69 Å². The second-order valence-corrected chi connectivity index (χ2v) is 7.08. The Hall–Kier alpha value is -1.98. The Morgan fingerprint density at radius 3 is 2.45 bits per heavy atom. The minimum Gasteiger partial charge on any atom is -0.279 e. The van der Waals surface area contributed by atoms with Crippen molar-refractivity contribution in [3.63, 3.8) is 0 Å². The van der Waals surface area contributed by atoms with Crippen LogP contribution in [0.15, 0.2) is 77.6 Å². The first-order chi connectivity index (χ1) is 10.6. The predicted molar refractivity (Wildman–Crippen MR) is 95.4 cm³/mol. The Labute approximate surface area is 135 Å². The summed E-state index contributed by atoms with van der Waals surface area (Å²) in [7, 11) is -3.55. The van der Waals surface area contributed by atoms with Gasteiger partial charge in [-0.05, 0) is 23.8 Å². The van der Waals surface area contributed by atoms with Crippen molar-refractivity contribution < 1.29 is 8.42 Å². The standard InChI is InChI=1S/C17H17NO2S2/c1-2-13-21-17-11-7-6-10-16(17)18-22(19,20)14-12-15-8-4-3-5-9-15/h2-12,14,18H,1,13H2. The maximum absolute atomic E-state index is 12.2. The Kier molecular flexibility index (Phi) is 5.86. The van der Waals surface area contributed by atoms with Gasteiger partial charge in [-0.25, -0.2) is 8.42 Å². The highest BCUT2D eigenvalue weighted by molar-refractivity contribution is 7.99. The lowest BCUT2D eigenvalue weighted by molar-refractivity contribution is 0.609. The molecule has 0 atom stereocenters. The number of hydrogen-bond acceptors (Lipinski definition) is 3. The van der Waals surface area contributed by atoms with Crippen LogP contribution in [-0.4, -0.2) is 14.2 Å². The molecule has 1 N–H and O–H groups in total. The van der Waals surface area contributed by atoms with Crippen molar-refractivity contribution in [3.05, 3.63) is 78.2 Å². The number of thioether (sulfide) groups is 1. The summed E-state index contributed by atoms with van der Waals surface area (Å²) in [5.41, 5.74) is 1.41. The molecule has 0 saturated heterocycles. The highest BCUT2D eigenvalue weighted by atomic mass is 32.2. The second-order valence-electron chi connectivity index (χ2n) is 4.46. The molecule has 114 valence electrons. The Balaban J connectivity index is 2.15. The minimum absolute atomic E-state index is 0.576. The van der Waals surface area contributed by atoms with E-state index >= 15 is 0 Å². The van der Waals surface area contributed by atoms with Gasteiger partial charge in [0.25, 0.3) is 10.0 Å². The molecule has 0 fully saturated rings. The van der Waals surface area contributed by atoms with E-state index in [-0.39, 0.29) is 0 Å². The van der Waals surface area contributed by atoms with Gasteiger partial charge in [-0.1, -0.05) is 48.5 Å². The molecule has 2 aromatic carbocycles. The molecule has 0 bridgehead atoms. The molecule has 0 amide bonds. The van der Waals surface area contributed by atoms with Crippen LogP contribution in [0.1, 0.15) is 5.56 Å². The molecule has 5 heteroatoms. The largest absolute Gasteiger partial charge is 0.279 e. The number of sulfonamides is 1. The molecule has 0 aliphatic rings. The summed E-state index contributed by atoms with van der Waals surface area (Å²) in [6, 6.07) is 16.6. The normalized spacial score (nSPS) is 11.5. The lowest BCUT2D eigenvalue weighted by atomic mass is 10.2. The van der Waals surface area contributed by atoms with Gasteiger partial charge in [0.05, 0.1) is 11.1 Å². The summed E-state index contributed by atoms with van der Waals surface area (Å²) < 4.78 is 26.9. The van der Waals surface area contributed by atoms with Crippen molar-refractivity contribution in [2.24, 2.45) is 0 Å². The van der Waals surface area contributed by atoms with E-state index in [1.165, 1.54) is 17.2 Å². The molecular weight excluding hydrogens is 314 g/mol. The van der Waals surface area contributed by atoms with Crippen LogP contribution in [0.2, 0.25) is 0 Å². The summed E-state index contributed by atoms with van der Waals surface area (Å²) in [6.45, 7) is 3.67. The first-order valence-corrected chi connectivity index (χ1v) is 9.22. The topological polar surface area (TPSA) is 46.2 Å². The molecule has 0 aliphatic carbocycles. The molecular formula is C17H17NO2S2. The second kappa shape index (κ2) is 7.87. The van der Waals surface area contributed by atoms with Gasteiger partial charge < -0.3 is 0 Å². The molecule has 0 radical (unpaired) electrons. The van der Waals surface area contributed by atoms with E-state index in [1.54, 1.807) is 24.3 Å². The monoisotopic (exact) mass is 331 g/mol. The summed E-state index contributed by atoms with van der Waals surface area (Å²) in [5.74, 6) is 0.721. The fourth-order valence-corrected chi connectivity index (χ4v) is 3.45. The van der Waals surface area contributed by atoms with Gasteiger partial charge in [-0.3, -0.25) is 4.72 Å². The van der Waals surface area contributed by atoms with Gasteiger partial charge in [-0.15, -0.1) is 18.3 Å². The number of para-hydroxylation sites is 1. The number of anilines is 1. The molecule has 0 saturated carbocycles. The van der Waals surface area contributed by atoms with E-state index in [0.717, 1.165) is 16.2 Å². The quantitative estimate of drug-likeness (QED) is 0.605. The lowest BCUT2D eigenvalue weighted by Gasteiger charge is -2.09. The van der Waals surface area contributed by atoms with Crippen molar-refractivity contribution in [3.8, 4) is 0 Å². The maximum Gasteiger partial charge on any atom is 0.255 e. The highest BCUT2D eigenvalue weighted by Crippen LogP contribution is 2.27. The maximum atomic E-state index is 12.2. The average Bonchev–Trinajstić information content (AvgIpc) is 2.53. The molecule has 0 spiro atoms. The van der Waals surface area contributed by atoms with Gasteiger partial charge in [-0.2, -0.15) is 0 Å². The third-order valence-electron chi connectivity index (χ3n) is 2.74. The van der Waals surface area contributed by atoms with Gasteiger partial charge in [0, 0.05) is 10.6 Å². The number of benzene rings is 2. The van der Waals surface area contributed by atoms with Gasteiger partial charge >= 0.3 is 0 Å². The zero-order valence-electron chi connectivity index (χ0n) is 12.0. The molecule has 0 unspecified atom stereocenters. The SMILES string of the molecule is C=CCSc1ccccc1NS(=O)(=O)C=Cc1ccccc1. The van der Waals surface area contributed by atoms with E-state index in [1.807, 2.05) is 42.5 Å². The summed E-state index contributed by atoms with van der Waals surface area (Å²) in [4.78, 5) is 0.874. The summed E-state index contributed by atoms with van der Waals surface area (Å²) in [6.07, 6.45) is 3.35. The molecule has 2 rings (SSSR count). The van der Waals surface area contributed by atoms with Crippen LogP contribution in [0.3, 0.4) is 0 Å². The van der Waals surface area contributed by atoms with E-state index < -0.39 is 10.0 Å². The highest BCUT2D eigenvalue weighted by Gasteiger charge is 2.09. The van der Waals surface area contributed by atoms with Crippen molar-refractivity contribution in [2.75, 3.05) is 10.5 Å².